The van der Waals surface area contributed by atoms with Crippen LogP contribution in [0.15, 0.2) is 42.9 Å². The molecule has 0 atom stereocenters. The predicted octanol–water partition coefficient (Wildman–Crippen LogP) is 5.36. The second-order valence-corrected chi connectivity index (χ2v) is 6.66. The summed E-state index contributed by atoms with van der Waals surface area (Å²) in [6, 6.07) is 7.61. The van der Waals surface area contributed by atoms with Gasteiger partial charge < -0.3 is 10.1 Å². The molecule has 0 amide bonds. The van der Waals surface area contributed by atoms with E-state index in [0.29, 0.717) is 5.02 Å². The van der Waals surface area contributed by atoms with E-state index >= 15 is 0 Å². The van der Waals surface area contributed by atoms with Gasteiger partial charge in [0.1, 0.15) is 5.75 Å². The highest BCUT2D eigenvalue weighted by molar-refractivity contribution is 7.18. The minimum Gasteiger partial charge on any atom is -0.497 e. The molecule has 0 radical (unpaired) electrons. The summed E-state index contributed by atoms with van der Waals surface area (Å²) in [6.07, 6.45) is 6.56. The Labute approximate surface area is 150 Å². The average Bonchev–Trinajstić information content (AvgIpc) is 3.09. The number of pyridine rings is 1. The minimum atomic E-state index is 0.666. The van der Waals surface area contributed by atoms with Crippen LogP contribution in [0.5, 0.6) is 5.75 Å². The van der Waals surface area contributed by atoms with Crippen LogP contribution in [0.1, 0.15) is 13.3 Å². The van der Waals surface area contributed by atoms with Crippen LogP contribution >= 0.6 is 22.9 Å². The SMILES string of the molecule is CCCNc1ncc(-c2ccncc2-c2cc(OC)ccc2Cl)s1. The molecular weight excluding hydrogens is 342 g/mol. The number of methoxy groups -OCH3 is 1. The topological polar surface area (TPSA) is 47.0 Å². The first-order valence-corrected chi connectivity index (χ1v) is 8.90. The van der Waals surface area contributed by atoms with Crippen LogP contribution in [0, 0.1) is 0 Å². The highest BCUT2D eigenvalue weighted by Crippen LogP contribution is 2.39. The van der Waals surface area contributed by atoms with E-state index in [1.807, 2.05) is 36.7 Å². The van der Waals surface area contributed by atoms with Crippen molar-refractivity contribution in [1.82, 2.24) is 9.97 Å². The van der Waals surface area contributed by atoms with Crippen LogP contribution in [-0.2, 0) is 0 Å². The van der Waals surface area contributed by atoms with Crippen molar-refractivity contribution in [3.05, 3.63) is 47.9 Å². The summed E-state index contributed by atoms with van der Waals surface area (Å²) in [5.74, 6) is 0.763. The van der Waals surface area contributed by atoms with Gasteiger partial charge in [0.15, 0.2) is 5.13 Å². The van der Waals surface area contributed by atoms with Gasteiger partial charge in [-0.1, -0.05) is 29.9 Å². The predicted molar refractivity (Wildman–Crippen MR) is 101 cm³/mol. The molecule has 0 aliphatic heterocycles. The van der Waals surface area contributed by atoms with Gasteiger partial charge in [0, 0.05) is 46.8 Å². The molecule has 0 unspecified atom stereocenters. The third-order valence-electron chi connectivity index (χ3n) is 3.58. The number of hydrogen-bond donors (Lipinski definition) is 1. The summed E-state index contributed by atoms with van der Waals surface area (Å²) in [4.78, 5) is 9.79. The molecule has 0 saturated carbocycles. The summed E-state index contributed by atoms with van der Waals surface area (Å²) in [5.41, 5.74) is 2.92. The third kappa shape index (κ3) is 3.52. The number of rotatable bonds is 6. The number of hydrogen-bond acceptors (Lipinski definition) is 5. The first kappa shape index (κ1) is 16.7. The number of halogens is 1. The van der Waals surface area contributed by atoms with Crippen molar-refractivity contribution in [3.63, 3.8) is 0 Å². The third-order valence-corrected chi connectivity index (χ3v) is 4.90. The molecule has 2 heterocycles. The molecule has 2 aromatic heterocycles. The van der Waals surface area contributed by atoms with Crippen LogP contribution in [0.25, 0.3) is 21.6 Å². The smallest absolute Gasteiger partial charge is 0.183 e. The van der Waals surface area contributed by atoms with Crippen LogP contribution in [0.4, 0.5) is 5.13 Å². The number of thiazole rings is 1. The second-order valence-electron chi connectivity index (χ2n) is 5.22. The number of nitrogens with one attached hydrogen (secondary N) is 1. The lowest BCUT2D eigenvalue weighted by Gasteiger charge is -2.10. The van der Waals surface area contributed by atoms with Crippen molar-refractivity contribution in [2.75, 3.05) is 19.0 Å². The molecule has 3 rings (SSSR count). The van der Waals surface area contributed by atoms with Gasteiger partial charge in [-0.05, 0) is 30.7 Å². The number of anilines is 1. The zero-order chi connectivity index (χ0) is 16.9. The van der Waals surface area contributed by atoms with Crippen molar-refractivity contribution in [2.24, 2.45) is 0 Å². The van der Waals surface area contributed by atoms with Gasteiger partial charge in [0.25, 0.3) is 0 Å². The molecule has 24 heavy (non-hydrogen) atoms. The molecule has 0 aliphatic rings. The Morgan fingerprint density at radius 3 is 2.83 bits per heavy atom. The van der Waals surface area contributed by atoms with Gasteiger partial charge in [0.05, 0.1) is 12.0 Å². The standard InChI is InChI=1S/C18H18ClN3OS/c1-3-7-21-18-22-11-17(24-18)13-6-8-20-10-15(13)14-9-12(23-2)4-5-16(14)19/h4-6,8-11H,3,7H2,1-2H3,(H,21,22). The fourth-order valence-electron chi connectivity index (χ4n) is 2.37. The highest BCUT2D eigenvalue weighted by Gasteiger charge is 2.14. The van der Waals surface area contributed by atoms with E-state index in [9.17, 15) is 0 Å². The maximum atomic E-state index is 6.41. The van der Waals surface area contributed by atoms with E-state index in [1.165, 1.54) is 0 Å². The molecule has 1 N–H and O–H groups in total. The molecule has 1 aromatic carbocycles. The number of ether oxygens (including phenoxy) is 1. The maximum Gasteiger partial charge on any atom is 0.183 e. The zero-order valence-corrected chi connectivity index (χ0v) is 15.1. The van der Waals surface area contributed by atoms with Crippen LogP contribution in [-0.4, -0.2) is 23.6 Å². The molecule has 0 bridgehead atoms. The Balaban J connectivity index is 2.04. The maximum absolute atomic E-state index is 6.41. The van der Waals surface area contributed by atoms with Crippen molar-refractivity contribution >= 4 is 28.1 Å². The molecule has 0 aliphatic carbocycles. The molecular formula is C18H18ClN3OS. The van der Waals surface area contributed by atoms with Gasteiger partial charge in [-0.3, -0.25) is 4.98 Å². The minimum absolute atomic E-state index is 0.666. The van der Waals surface area contributed by atoms with E-state index in [-0.39, 0.29) is 0 Å². The van der Waals surface area contributed by atoms with Crippen molar-refractivity contribution in [3.8, 4) is 27.3 Å². The molecule has 124 valence electrons. The van der Waals surface area contributed by atoms with E-state index in [2.05, 4.69) is 22.2 Å². The molecule has 6 heteroatoms. The van der Waals surface area contributed by atoms with Crippen LogP contribution in [0.3, 0.4) is 0 Å². The number of benzene rings is 1. The Bertz CT molecular complexity index is 835. The van der Waals surface area contributed by atoms with Crippen molar-refractivity contribution in [2.45, 2.75) is 13.3 Å². The number of nitrogens with zero attached hydrogens (tertiary/aromatic N) is 2. The lowest BCUT2D eigenvalue weighted by atomic mass is 10.0. The average molecular weight is 360 g/mol. The summed E-state index contributed by atoms with van der Waals surface area (Å²) in [6.45, 7) is 3.05. The number of aromatic nitrogens is 2. The monoisotopic (exact) mass is 359 g/mol. The van der Waals surface area contributed by atoms with E-state index in [0.717, 1.165) is 45.4 Å². The lowest BCUT2D eigenvalue weighted by Crippen LogP contribution is -1.97. The molecule has 3 aromatic rings. The fraction of sp³-hybridized carbons (Fsp3) is 0.222. The summed E-state index contributed by atoms with van der Waals surface area (Å²) < 4.78 is 5.33. The second kappa shape index (κ2) is 7.64. The molecule has 0 spiro atoms. The van der Waals surface area contributed by atoms with E-state index in [4.69, 9.17) is 16.3 Å². The normalized spacial score (nSPS) is 10.6. The van der Waals surface area contributed by atoms with Gasteiger partial charge >= 0.3 is 0 Å². The molecule has 4 nitrogen and oxygen atoms in total. The molecule has 0 saturated heterocycles. The van der Waals surface area contributed by atoms with E-state index in [1.54, 1.807) is 24.6 Å². The first-order chi connectivity index (χ1) is 11.7. The van der Waals surface area contributed by atoms with Crippen molar-refractivity contribution < 1.29 is 4.74 Å². The van der Waals surface area contributed by atoms with Gasteiger partial charge in [-0.2, -0.15) is 0 Å². The Morgan fingerprint density at radius 2 is 2.04 bits per heavy atom. The van der Waals surface area contributed by atoms with Gasteiger partial charge in [-0.25, -0.2) is 4.98 Å². The quantitative estimate of drug-likeness (QED) is 0.643. The van der Waals surface area contributed by atoms with Gasteiger partial charge in [0.2, 0.25) is 0 Å². The lowest BCUT2D eigenvalue weighted by molar-refractivity contribution is 0.415. The highest BCUT2D eigenvalue weighted by atomic mass is 35.5. The Kier molecular flexibility index (Phi) is 5.33. The fourth-order valence-corrected chi connectivity index (χ4v) is 3.47. The van der Waals surface area contributed by atoms with E-state index < -0.39 is 0 Å². The molecule has 0 fully saturated rings. The van der Waals surface area contributed by atoms with Crippen molar-refractivity contribution in [1.29, 1.82) is 0 Å². The van der Waals surface area contributed by atoms with Gasteiger partial charge in [-0.15, -0.1) is 0 Å². The first-order valence-electron chi connectivity index (χ1n) is 7.71. The Hall–Kier alpha value is -2.11. The zero-order valence-electron chi connectivity index (χ0n) is 13.5. The van der Waals surface area contributed by atoms with Crippen LogP contribution in [0.2, 0.25) is 5.02 Å². The summed E-state index contributed by atoms with van der Waals surface area (Å²) in [5, 5.41) is 4.91. The summed E-state index contributed by atoms with van der Waals surface area (Å²) >= 11 is 8.04. The van der Waals surface area contributed by atoms with Crippen LogP contribution < -0.4 is 10.1 Å². The summed E-state index contributed by atoms with van der Waals surface area (Å²) in [7, 11) is 1.64. The largest absolute Gasteiger partial charge is 0.497 e. The Morgan fingerprint density at radius 1 is 1.17 bits per heavy atom.